The molecule has 0 saturated heterocycles. The third-order valence-electron chi connectivity index (χ3n) is 3.67. The summed E-state index contributed by atoms with van der Waals surface area (Å²) >= 11 is 0. The minimum absolute atomic E-state index is 0.120. The quantitative estimate of drug-likeness (QED) is 0.778. The first-order chi connectivity index (χ1) is 11.4. The van der Waals surface area contributed by atoms with Crippen LogP contribution in [0.1, 0.15) is 10.4 Å². The Balaban J connectivity index is 1.92. The Morgan fingerprint density at radius 2 is 1.92 bits per heavy atom. The summed E-state index contributed by atoms with van der Waals surface area (Å²) in [6.45, 7) is 0. The summed E-state index contributed by atoms with van der Waals surface area (Å²) in [5.41, 5.74) is 1.44. The molecule has 122 valence electrons. The monoisotopic (exact) mass is 325 g/mol. The molecule has 24 heavy (non-hydrogen) atoms. The summed E-state index contributed by atoms with van der Waals surface area (Å²) in [7, 11) is 3.77. The molecular weight excluding hydrogens is 309 g/mol. The summed E-state index contributed by atoms with van der Waals surface area (Å²) in [6.07, 6.45) is 0. The predicted molar refractivity (Wildman–Crippen MR) is 93.2 cm³/mol. The van der Waals surface area contributed by atoms with Crippen LogP contribution in [0.15, 0.2) is 53.3 Å². The summed E-state index contributed by atoms with van der Waals surface area (Å²) in [6, 6.07) is 12.8. The number of fused-ring (bicyclic) bond motifs is 1. The highest BCUT2D eigenvalue weighted by Crippen LogP contribution is 2.21. The Hall–Kier alpha value is -3.15. The van der Waals surface area contributed by atoms with Crippen LogP contribution in [0, 0.1) is 5.82 Å². The highest BCUT2D eigenvalue weighted by molar-refractivity contribution is 6.05. The van der Waals surface area contributed by atoms with Gasteiger partial charge in [-0.05, 0) is 36.4 Å². The van der Waals surface area contributed by atoms with E-state index in [9.17, 15) is 14.0 Å². The number of nitrogens with one attached hydrogen (secondary N) is 2. The molecule has 0 fully saturated rings. The van der Waals surface area contributed by atoms with Crippen molar-refractivity contribution >= 4 is 28.2 Å². The van der Waals surface area contributed by atoms with Gasteiger partial charge in [-0.1, -0.05) is 6.07 Å². The SMILES string of the molecule is CN(C)c1cccc(C(=O)Nc2cc(F)c3[nH]c(=O)ccc3c2)c1. The largest absolute Gasteiger partial charge is 0.378 e. The molecule has 0 spiro atoms. The smallest absolute Gasteiger partial charge is 0.255 e. The zero-order chi connectivity index (χ0) is 17.3. The molecule has 6 heteroatoms. The zero-order valence-corrected chi connectivity index (χ0v) is 13.3. The van der Waals surface area contributed by atoms with Crippen molar-refractivity contribution in [1.82, 2.24) is 4.98 Å². The van der Waals surface area contributed by atoms with Crippen molar-refractivity contribution in [2.75, 3.05) is 24.3 Å². The van der Waals surface area contributed by atoms with Gasteiger partial charge >= 0.3 is 0 Å². The van der Waals surface area contributed by atoms with E-state index in [4.69, 9.17) is 0 Å². The van der Waals surface area contributed by atoms with Gasteiger partial charge in [-0.2, -0.15) is 0 Å². The third kappa shape index (κ3) is 3.12. The molecule has 5 nitrogen and oxygen atoms in total. The van der Waals surface area contributed by atoms with Crippen LogP contribution in [0.3, 0.4) is 0 Å². The minimum atomic E-state index is -0.595. The second-order valence-electron chi connectivity index (χ2n) is 5.64. The second-order valence-corrected chi connectivity index (χ2v) is 5.64. The lowest BCUT2D eigenvalue weighted by atomic mass is 10.1. The first kappa shape index (κ1) is 15.7. The van der Waals surface area contributed by atoms with Crippen LogP contribution in [0.25, 0.3) is 10.9 Å². The maximum absolute atomic E-state index is 14.1. The Kier molecular flexibility index (Phi) is 4.04. The average molecular weight is 325 g/mol. The minimum Gasteiger partial charge on any atom is -0.378 e. The van der Waals surface area contributed by atoms with Crippen LogP contribution in [0.2, 0.25) is 0 Å². The molecule has 0 atom stereocenters. The molecule has 3 rings (SSSR count). The number of hydrogen-bond donors (Lipinski definition) is 2. The Labute approximate surface area is 137 Å². The lowest BCUT2D eigenvalue weighted by Gasteiger charge is -2.13. The van der Waals surface area contributed by atoms with Crippen LogP contribution in [-0.4, -0.2) is 25.0 Å². The summed E-state index contributed by atoms with van der Waals surface area (Å²) in [5, 5.41) is 3.19. The third-order valence-corrected chi connectivity index (χ3v) is 3.67. The molecule has 1 heterocycles. The van der Waals surface area contributed by atoms with Crippen LogP contribution in [0.4, 0.5) is 15.8 Å². The van der Waals surface area contributed by atoms with Crippen molar-refractivity contribution in [2.45, 2.75) is 0 Å². The first-order valence-corrected chi connectivity index (χ1v) is 7.35. The van der Waals surface area contributed by atoms with E-state index in [1.54, 1.807) is 24.3 Å². The summed E-state index contributed by atoms with van der Waals surface area (Å²) < 4.78 is 14.1. The topological polar surface area (TPSA) is 65.2 Å². The van der Waals surface area contributed by atoms with Crippen molar-refractivity contribution in [3.8, 4) is 0 Å². The van der Waals surface area contributed by atoms with E-state index in [2.05, 4.69) is 10.3 Å². The first-order valence-electron chi connectivity index (χ1n) is 7.35. The van der Waals surface area contributed by atoms with Gasteiger partial charge in [0.05, 0.1) is 5.52 Å². The number of anilines is 2. The number of carbonyl (C=O) groups excluding carboxylic acids is 1. The van der Waals surface area contributed by atoms with Gasteiger partial charge in [0.1, 0.15) is 5.82 Å². The van der Waals surface area contributed by atoms with Gasteiger partial charge in [0.2, 0.25) is 5.56 Å². The average Bonchev–Trinajstić information content (AvgIpc) is 2.55. The number of pyridine rings is 1. The number of hydrogen-bond acceptors (Lipinski definition) is 3. The number of aromatic amines is 1. The van der Waals surface area contributed by atoms with E-state index in [0.29, 0.717) is 16.6 Å². The van der Waals surface area contributed by atoms with Crippen molar-refractivity contribution < 1.29 is 9.18 Å². The van der Waals surface area contributed by atoms with E-state index in [1.165, 1.54) is 18.2 Å². The standard InChI is InChI=1S/C18H16FN3O2/c1-22(2)14-5-3-4-12(9-14)18(24)20-13-8-11-6-7-16(23)21-17(11)15(19)10-13/h3-10H,1-2H3,(H,20,24)(H,21,23). The van der Waals surface area contributed by atoms with Crippen molar-refractivity contribution in [3.63, 3.8) is 0 Å². The fourth-order valence-corrected chi connectivity index (χ4v) is 2.42. The summed E-state index contributed by atoms with van der Waals surface area (Å²) in [4.78, 5) is 28.0. The molecule has 3 aromatic rings. The van der Waals surface area contributed by atoms with Crippen LogP contribution < -0.4 is 15.8 Å². The predicted octanol–water partition coefficient (Wildman–Crippen LogP) is 2.99. The van der Waals surface area contributed by atoms with Crippen molar-refractivity contribution in [2.24, 2.45) is 0 Å². The molecule has 0 saturated carbocycles. The number of aromatic nitrogens is 1. The van der Waals surface area contributed by atoms with Gasteiger partial charge in [-0.25, -0.2) is 4.39 Å². The maximum atomic E-state index is 14.1. The summed E-state index contributed by atoms with van der Waals surface area (Å²) in [5.74, 6) is -0.926. The molecule has 1 amide bonds. The molecule has 1 aromatic heterocycles. The number of halogens is 1. The number of H-pyrrole nitrogens is 1. The second kappa shape index (κ2) is 6.16. The van der Waals surface area contributed by atoms with Gasteiger partial charge in [0.15, 0.2) is 0 Å². The molecule has 2 N–H and O–H groups in total. The Bertz CT molecular complexity index is 979. The zero-order valence-electron chi connectivity index (χ0n) is 13.3. The molecule has 0 aliphatic heterocycles. The molecule has 0 aliphatic rings. The highest BCUT2D eigenvalue weighted by Gasteiger charge is 2.10. The van der Waals surface area contributed by atoms with Crippen molar-refractivity contribution in [3.05, 3.63) is 70.3 Å². The number of rotatable bonds is 3. The number of benzene rings is 2. The van der Waals surface area contributed by atoms with Gasteiger partial charge in [0, 0.05) is 42.5 Å². The molecule has 0 unspecified atom stereocenters. The number of nitrogens with zero attached hydrogens (tertiary/aromatic N) is 1. The van der Waals surface area contributed by atoms with E-state index >= 15 is 0 Å². The molecular formula is C18H16FN3O2. The normalized spacial score (nSPS) is 10.6. The highest BCUT2D eigenvalue weighted by atomic mass is 19.1. The van der Waals surface area contributed by atoms with E-state index in [-0.39, 0.29) is 17.0 Å². The lowest BCUT2D eigenvalue weighted by Crippen LogP contribution is -2.14. The van der Waals surface area contributed by atoms with Crippen LogP contribution in [-0.2, 0) is 0 Å². The van der Waals surface area contributed by atoms with Gasteiger partial charge in [-0.3, -0.25) is 9.59 Å². The maximum Gasteiger partial charge on any atom is 0.255 e. The van der Waals surface area contributed by atoms with Gasteiger partial charge in [0.25, 0.3) is 5.91 Å². The van der Waals surface area contributed by atoms with E-state index in [1.807, 2.05) is 25.1 Å². The number of carbonyl (C=O) groups is 1. The number of amides is 1. The van der Waals surface area contributed by atoms with E-state index in [0.717, 1.165) is 5.69 Å². The van der Waals surface area contributed by atoms with Crippen molar-refractivity contribution in [1.29, 1.82) is 0 Å². The molecule has 0 radical (unpaired) electrons. The molecule has 0 aliphatic carbocycles. The van der Waals surface area contributed by atoms with Gasteiger partial charge < -0.3 is 15.2 Å². The molecule has 2 aromatic carbocycles. The Morgan fingerprint density at radius 1 is 1.12 bits per heavy atom. The van der Waals surface area contributed by atoms with Crippen LogP contribution in [0.5, 0.6) is 0 Å². The fourth-order valence-electron chi connectivity index (χ4n) is 2.42. The van der Waals surface area contributed by atoms with Crippen LogP contribution >= 0.6 is 0 Å². The lowest BCUT2D eigenvalue weighted by molar-refractivity contribution is 0.102. The van der Waals surface area contributed by atoms with E-state index < -0.39 is 5.82 Å². The molecule has 0 bridgehead atoms. The Morgan fingerprint density at radius 3 is 2.67 bits per heavy atom. The van der Waals surface area contributed by atoms with Gasteiger partial charge in [-0.15, -0.1) is 0 Å². The fraction of sp³-hybridized carbons (Fsp3) is 0.111.